The van der Waals surface area contributed by atoms with Gasteiger partial charge in [-0.1, -0.05) is 12.8 Å². The number of thioether (sulfide) groups is 1. The summed E-state index contributed by atoms with van der Waals surface area (Å²) in [6, 6.07) is 5.50. The van der Waals surface area contributed by atoms with Crippen molar-refractivity contribution in [2.24, 2.45) is 0 Å². The summed E-state index contributed by atoms with van der Waals surface area (Å²) in [6.07, 6.45) is 7.67. The lowest BCUT2D eigenvalue weighted by atomic mass is 9.98. The second-order valence-electron chi connectivity index (χ2n) is 5.93. The van der Waals surface area contributed by atoms with Crippen LogP contribution in [0.15, 0.2) is 27.6 Å². The first-order valence-corrected chi connectivity index (χ1v) is 9.19. The molecule has 0 amide bonds. The average Bonchev–Trinajstić information content (AvgIpc) is 3.08. The number of ether oxygens (including phenoxy) is 1. The first kappa shape index (κ1) is 15.4. The van der Waals surface area contributed by atoms with E-state index in [4.69, 9.17) is 9.84 Å². The second kappa shape index (κ2) is 6.31. The van der Waals surface area contributed by atoms with Gasteiger partial charge < -0.3 is 9.84 Å². The third-order valence-corrected chi connectivity index (χ3v) is 6.27. The highest BCUT2D eigenvalue weighted by Crippen LogP contribution is 2.44. The Morgan fingerprint density at radius 1 is 1.38 bits per heavy atom. The van der Waals surface area contributed by atoms with Crippen molar-refractivity contribution in [1.82, 2.24) is 0 Å². The Kier molecular flexibility index (Phi) is 4.62. The molecule has 2 aliphatic rings. The topological polar surface area (TPSA) is 46.5 Å². The molecule has 1 spiro atoms. The molecule has 1 aliphatic heterocycles. The Hall–Kier alpha value is -0.520. The number of carboxylic acids is 1. The normalized spacial score (nSPS) is 23.8. The minimum absolute atomic E-state index is 0.178. The van der Waals surface area contributed by atoms with Gasteiger partial charge in [-0.3, -0.25) is 0 Å². The second-order valence-corrected chi connectivity index (χ2v) is 7.87. The van der Waals surface area contributed by atoms with Crippen LogP contribution >= 0.6 is 27.7 Å². The Labute approximate surface area is 137 Å². The van der Waals surface area contributed by atoms with Crippen molar-refractivity contribution in [3.05, 3.63) is 28.2 Å². The van der Waals surface area contributed by atoms with Crippen LogP contribution in [0.4, 0.5) is 0 Å². The zero-order valence-electron chi connectivity index (χ0n) is 11.8. The van der Waals surface area contributed by atoms with Crippen molar-refractivity contribution in [3.8, 4) is 0 Å². The van der Waals surface area contributed by atoms with Gasteiger partial charge in [-0.25, -0.2) is 4.79 Å². The third kappa shape index (κ3) is 3.46. The van der Waals surface area contributed by atoms with Crippen LogP contribution < -0.4 is 0 Å². The quantitative estimate of drug-likeness (QED) is 0.778. The fourth-order valence-electron chi connectivity index (χ4n) is 3.35. The molecule has 1 atom stereocenters. The molecule has 1 saturated carbocycles. The van der Waals surface area contributed by atoms with E-state index in [1.165, 1.54) is 32.1 Å². The van der Waals surface area contributed by atoms with E-state index in [1.54, 1.807) is 23.9 Å². The number of benzene rings is 1. The molecule has 1 saturated heterocycles. The average molecular weight is 371 g/mol. The summed E-state index contributed by atoms with van der Waals surface area (Å²) in [7, 11) is 0. The van der Waals surface area contributed by atoms with Crippen LogP contribution in [0.1, 0.15) is 48.9 Å². The largest absolute Gasteiger partial charge is 0.478 e. The van der Waals surface area contributed by atoms with Crippen LogP contribution in [0.2, 0.25) is 0 Å². The lowest BCUT2D eigenvalue weighted by Crippen LogP contribution is -2.25. The fourth-order valence-corrected chi connectivity index (χ4v) is 4.74. The predicted octanol–water partition coefficient (Wildman–Crippen LogP) is 4.73. The van der Waals surface area contributed by atoms with Gasteiger partial charge in [0.1, 0.15) is 0 Å². The molecule has 1 unspecified atom stereocenters. The van der Waals surface area contributed by atoms with Gasteiger partial charge in [0.05, 0.1) is 17.3 Å². The Balaban J connectivity index is 1.58. The van der Waals surface area contributed by atoms with E-state index < -0.39 is 5.97 Å². The van der Waals surface area contributed by atoms with Crippen molar-refractivity contribution < 1.29 is 14.6 Å². The maximum absolute atomic E-state index is 11.1. The highest BCUT2D eigenvalue weighted by molar-refractivity contribution is 9.10. The number of carboxylic acid groups (broad SMARTS) is 1. The van der Waals surface area contributed by atoms with Gasteiger partial charge in [0.25, 0.3) is 0 Å². The minimum atomic E-state index is -0.897. The SMILES string of the molecule is O=C(O)c1cc(SCC2CCC3(CCCC3)O2)ccc1Br. The molecule has 1 aromatic rings. The maximum Gasteiger partial charge on any atom is 0.336 e. The lowest BCUT2D eigenvalue weighted by molar-refractivity contribution is -0.0267. The zero-order chi connectivity index (χ0) is 14.9. The van der Waals surface area contributed by atoms with E-state index in [1.807, 2.05) is 6.07 Å². The molecule has 5 heteroatoms. The van der Waals surface area contributed by atoms with E-state index in [0.717, 1.165) is 17.1 Å². The van der Waals surface area contributed by atoms with E-state index >= 15 is 0 Å². The summed E-state index contributed by atoms with van der Waals surface area (Å²) < 4.78 is 6.91. The van der Waals surface area contributed by atoms with Gasteiger partial charge >= 0.3 is 5.97 Å². The standard InChI is InChI=1S/C16H19BrO3S/c17-14-4-3-12(9-13(14)15(18)19)21-10-11-5-8-16(20-11)6-1-2-7-16/h3-4,9,11H,1-2,5-8,10H2,(H,18,19). The van der Waals surface area contributed by atoms with Gasteiger partial charge in [0.2, 0.25) is 0 Å². The van der Waals surface area contributed by atoms with E-state index in [9.17, 15) is 4.79 Å². The van der Waals surface area contributed by atoms with Crippen LogP contribution in [0.25, 0.3) is 0 Å². The highest BCUT2D eigenvalue weighted by atomic mass is 79.9. The summed E-state index contributed by atoms with van der Waals surface area (Å²) in [5.41, 5.74) is 0.497. The summed E-state index contributed by atoms with van der Waals surface area (Å²) in [4.78, 5) is 12.1. The summed E-state index contributed by atoms with van der Waals surface area (Å²) >= 11 is 4.97. The van der Waals surface area contributed by atoms with Gasteiger partial charge in [-0.05, 0) is 59.8 Å². The van der Waals surface area contributed by atoms with Crippen molar-refractivity contribution in [3.63, 3.8) is 0 Å². The van der Waals surface area contributed by atoms with Crippen LogP contribution in [-0.2, 0) is 4.74 Å². The lowest BCUT2D eigenvalue weighted by Gasteiger charge is -2.23. The first-order valence-electron chi connectivity index (χ1n) is 7.41. The van der Waals surface area contributed by atoms with Gasteiger partial charge in [0.15, 0.2) is 0 Å². The smallest absolute Gasteiger partial charge is 0.336 e. The first-order chi connectivity index (χ1) is 10.1. The molecule has 1 aromatic carbocycles. The molecule has 0 aromatic heterocycles. The molecule has 114 valence electrons. The summed E-state index contributed by atoms with van der Waals surface area (Å²) in [5.74, 6) is 0.00830. The Morgan fingerprint density at radius 3 is 2.86 bits per heavy atom. The number of carbonyl (C=O) groups is 1. The van der Waals surface area contributed by atoms with Crippen molar-refractivity contribution in [2.45, 2.75) is 55.1 Å². The van der Waals surface area contributed by atoms with Crippen molar-refractivity contribution in [2.75, 3.05) is 5.75 Å². The van der Waals surface area contributed by atoms with Crippen LogP contribution in [0.5, 0.6) is 0 Å². The van der Waals surface area contributed by atoms with Gasteiger partial charge in [-0.15, -0.1) is 11.8 Å². The highest BCUT2D eigenvalue weighted by Gasteiger charge is 2.41. The summed E-state index contributed by atoms with van der Waals surface area (Å²) in [6.45, 7) is 0. The maximum atomic E-state index is 11.1. The molecule has 0 radical (unpaired) electrons. The molecular formula is C16H19BrO3S. The van der Waals surface area contributed by atoms with Crippen LogP contribution in [0, 0.1) is 0 Å². The van der Waals surface area contributed by atoms with Gasteiger partial charge in [0, 0.05) is 15.1 Å². The molecule has 0 bridgehead atoms. The molecule has 3 rings (SSSR count). The molecule has 3 nitrogen and oxygen atoms in total. The Morgan fingerprint density at radius 2 is 2.14 bits per heavy atom. The summed E-state index contributed by atoms with van der Waals surface area (Å²) in [5, 5.41) is 9.15. The van der Waals surface area contributed by atoms with Crippen molar-refractivity contribution in [1.29, 1.82) is 0 Å². The van der Waals surface area contributed by atoms with Crippen LogP contribution in [-0.4, -0.2) is 28.5 Å². The zero-order valence-corrected chi connectivity index (χ0v) is 14.2. The van der Waals surface area contributed by atoms with Crippen molar-refractivity contribution >= 4 is 33.7 Å². The molecule has 1 N–H and O–H groups in total. The number of hydrogen-bond donors (Lipinski definition) is 1. The van der Waals surface area contributed by atoms with E-state index in [-0.39, 0.29) is 5.60 Å². The third-order valence-electron chi connectivity index (χ3n) is 4.46. The number of rotatable bonds is 4. The van der Waals surface area contributed by atoms with Crippen LogP contribution in [0.3, 0.4) is 0 Å². The minimum Gasteiger partial charge on any atom is -0.478 e. The molecule has 1 heterocycles. The van der Waals surface area contributed by atoms with E-state index in [2.05, 4.69) is 15.9 Å². The van der Waals surface area contributed by atoms with E-state index in [0.29, 0.717) is 16.1 Å². The number of halogens is 1. The molecule has 2 fully saturated rings. The predicted molar refractivity (Wildman–Crippen MR) is 87.1 cm³/mol. The molecule has 21 heavy (non-hydrogen) atoms. The fraction of sp³-hybridized carbons (Fsp3) is 0.562. The van der Waals surface area contributed by atoms with Gasteiger partial charge in [-0.2, -0.15) is 0 Å². The molecule has 1 aliphatic carbocycles. The molecular weight excluding hydrogens is 352 g/mol. The Bertz CT molecular complexity index is 540. The number of aromatic carboxylic acids is 1. The monoisotopic (exact) mass is 370 g/mol. The number of hydrogen-bond acceptors (Lipinski definition) is 3.